The Morgan fingerprint density at radius 2 is 2.05 bits per heavy atom. The van der Waals surface area contributed by atoms with Gasteiger partial charge in [-0.2, -0.15) is 0 Å². The first-order chi connectivity index (χ1) is 9.52. The minimum Gasteiger partial charge on any atom is -0.480 e. The number of hydrogen-bond acceptors (Lipinski definition) is 4. The number of carbonyl (C=O) groups is 2. The number of benzene rings is 1. The van der Waals surface area contributed by atoms with E-state index in [1.165, 1.54) is 0 Å². The second kappa shape index (κ2) is 8.00. The summed E-state index contributed by atoms with van der Waals surface area (Å²) in [7, 11) is 1.55. The smallest absolute Gasteiger partial charge is 0.341 e. The van der Waals surface area contributed by atoms with E-state index in [0.717, 1.165) is 0 Å². The van der Waals surface area contributed by atoms with Crippen molar-refractivity contribution in [2.45, 2.75) is 13.0 Å². The molecule has 0 aliphatic rings. The Bertz CT molecular complexity index is 464. The highest BCUT2D eigenvalue weighted by molar-refractivity contribution is 5.91. The number of ether oxygens (including phenoxy) is 2. The molecule has 7 nitrogen and oxygen atoms in total. The third-order valence-corrected chi connectivity index (χ3v) is 2.28. The number of carbonyl (C=O) groups excluding carboxylic acids is 1. The molecule has 1 aromatic carbocycles. The van der Waals surface area contributed by atoms with Crippen LogP contribution >= 0.6 is 0 Å². The van der Waals surface area contributed by atoms with Crippen LogP contribution in [0.5, 0.6) is 5.75 Å². The van der Waals surface area contributed by atoms with Crippen molar-refractivity contribution in [3.63, 3.8) is 0 Å². The van der Waals surface area contributed by atoms with Gasteiger partial charge < -0.3 is 25.2 Å². The first-order valence-electron chi connectivity index (χ1n) is 6.03. The number of carboxylic acid groups (broad SMARTS) is 1. The van der Waals surface area contributed by atoms with Gasteiger partial charge in [0.2, 0.25) is 0 Å². The van der Waals surface area contributed by atoms with Gasteiger partial charge in [-0.05, 0) is 19.1 Å². The fraction of sp³-hybridized carbons (Fsp3) is 0.385. The van der Waals surface area contributed by atoms with E-state index in [1.807, 2.05) is 0 Å². The Morgan fingerprint density at radius 1 is 1.35 bits per heavy atom. The lowest BCUT2D eigenvalue weighted by Gasteiger charge is -2.15. The van der Waals surface area contributed by atoms with Gasteiger partial charge in [0, 0.05) is 7.11 Å². The van der Waals surface area contributed by atoms with Crippen LogP contribution in [0, 0.1) is 0 Å². The molecule has 7 heteroatoms. The van der Waals surface area contributed by atoms with E-state index in [4.69, 9.17) is 14.6 Å². The van der Waals surface area contributed by atoms with Gasteiger partial charge in [0.15, 0.2) is 6.61 Å². The Labute approximate surface area is 116 Å². The van der Waals surface area contributed by atoms with E-state index in [9.17, 15) is 9.59 Å². The maximum atomic E-state index is 11.7. The summed E-state index contributed by atoms with van der Waals surface area (Å²) in [6.07, 6.45) is 0. The number of aliphatic carboxylic acids is 1. The SMILES string of the molecule is COCC(C)NC(=O)Nc1ccccc1OCC(=O)O. The molecule has 0 aromatic heterocycles. The van der Waals surface area contributed by atoms with Gasteiger partial charge in [0.05, 0.1) is 18.3 Å². The molecule has 0 saturated heterocycles. The molecule has 1 unspecified atom stereocenters. The molecular weight excluding hydrogens is 264 g/mol. The van der Waals surface area contributed by atoms with Crippen LogP contribution in [-0.4, -0.2) is 43.5 Å². The summed E-state index contributed by atoms with van der Waals surface area (Å²) in [5, 5.41) is 13.9. The minimum absolute atomic E-state index is 0.146. The average molecular weight is 282 g/mol. The van der Waals surface area contributed by atoms with E-state index in [-0.39, 0.29) is 6.04 Å². The number of rotatable bonds is 7. The molecule has 0 fully saturated rings. The van der Waals surface area contributed by atoms with Gasteiger partial charge in [0.25, 0.3) is 0 Å². The molecule has 0 heterocycles. The number of anilines is 1. The molecule has 110 valence electrons. The van der Waals surface area contributed by atoms with E-state index in [2.05, 4.69) is 10.6 Å². The molecule has 2 amide bonds. The van der Waals surface area contributed by atoms with Gasteiger partial charge in [-0.15, -0.1) is 0 Å². The summed E-state index contributed by atoms with van der Waals surface area (Å²) in [4.78, 5) is 22.2. The van der Waals surface area contributed by atoms with Crippen molar-refractivity contribution in [3.05, 3.63) is 24.3 Å². The maximum Gasteiger partial charge on any atom is 0.341 e. The van der Waals surface area contributed by atoms with Crippen molar-refractivity contribution < 1.29 is 24.2 Å². The van der Waals surface area contributed by atoms with Crippen molar-refractivity contribution in [2.24, 2.45) is 0 Å². The zero-order valence-electron chi connectivity index (χ0n) is 11.4. The van der Waals surface area contributed by atoms with Crippen LogP contribution < -0.4 is 15.4 Å². The van der Waals surface area contributed by atoms with Crippen molar-refractivity contribution in [3.8, 4) is 5.75 Å². The predicted octanol–water partition coefficient (Wildman–Crippen LogP) is 1.31. The van der Waals surface area contributed by atoms with Crippen LogP contribution in [-0.2, 0) is 9.53 Å². The molecule has 1 aromatic rings. The molecule has 0 spiro atoms. The largest absolute Gasteiger partial charge is 0.480 e. The summed E-state index contributed by atoms with van der Waals surface area (Å²) in [6.45, 7) is 1.72. The van der Waals surface area contributed by atoms with E-state index >= 15 is 0 Å². The number of nitrogens with one attached hydrogen (secondary N) is 2. The summed E-state index contributed by atoms with van der Waals surface area (Å²) in [5.74, 6) is -0.789. The van der Waals surface area contributed by atoms with Gasteiger partial charge in [-0.1, -0.05) is 12.1 Å². The number of methoxy groups -OCH3 is 1. The Morgan fingerprint density at radius 3 is 2.70 bits per heavy atom. The molecule has 1 atom stereocenters. The number of urea groups is 1. The molecule has 0 aliphatic heterocycles. The highest BCUT2D eigenvalue weighted by atomic mass is 16.5. The lowest BCUT2D eigenvalue weighted by Crippen LogP contribution is -2.38. The van der Waals surface area contributed by atoms with Gasteiger partial charge in [0.1, 0.15) is 5.75 Å². The van der Waals surface area contributed by atoms with Gasteiger partial charge in [-0.25, -0.2) is 9.59 Å². The third-order valence-electron chi connectivity index (χ3n) is 2.28. The van der Waals surface area contributed by atoms with Crippen LogP contribution in [0.15, 0.2) is 24.3 Å². The van der Waals surface area contributed by atoms with Crippen LogP contribution in [0.2, 0.25) is 0 Å². The first kappa shape index (κ1) is 15.8. The second-order valence-electron chi connectivity index (χ2n) is 4.13. The van der Waals surface area contributed by atoms with Crippen molar-refractivity contribution in [1.29, 1.82) is 0 Å². The number of hydrogen-bond donors (Lipinski definition) is 3. The first-order valence-corrected chi connectivity index (χ1v) is 6.03. The lowest BCUT2D eigenvalue weighted by molar-refractivity contribution is -0.139. The lowest BCUT2D eigenvalue weighted by atomic mass is 10.3. The third kappa shape index (κ3) is 5.57. The van der Waals surface area contributed by atoms with E-state index < -0.39 is 18.6 Å². The fourth-order valence-corrected chi connectivity index (χ4v) is 1.51. The maximum absolute atomic E-state index is 11.7. The van der Waals surface area contributed by atoms with Crippen LogP contribution in [0.1, 0.15) is 6.92 Å². The van der Waals surface area contributed by atoms with Crippen molar-refractivity contribution in [2.75, 3.05) is 25.6 Å². The Hall–Kier alpha value is -2.28. The fourth-order valence-electron chi connectivity index (χ4n) is 1.51. The monoisotopic (exact) mass is 282 g/mol. The molecule has 0 saturated carbocycles. The van der Waals surface area contributed by atoms with Gasteiger partial charge >= 0.3 is 12.0 Å². The molecule has 0 aliphatic carbocycles. The van der Waals surface area contributed by atoms with Crippen LogP contribution in [0.25, 0.3) is 0 Å². The normalized spacial score (nSPS) is 11.5. The topological polar surface area (TPSA) is 96.9 Å². The Kier molecular flexibility index (Phi) is 6.31. The quantitative estimate of drug-likeness (QED) is 0.700. The van der Waals surface area contributed by atoms with Gasteiger partial charge in [-0.3, -0.25) is 0 Å². The van der Waals surface area contributed by atoms with Crippen molar-refractivity contribution in [1.82, 2.24) is 5.32 Å². The van der Waals surface area contributed by atoms with Crippen molar-refractivity contribution >= 4 is 17.7 Å². The highest BCUT2D eigenvalue weighted by Gasteiger charge is 2.10. The molecule has 0 bridgehead atoms. The number of amides is 2. The molecule has 20 heavy (non-hydrogen) atoms. The summed E-state index contributed by atoms with van der Waals surface area (Å²) in [6, 6.07) is 6.04. The summed E-state index contributed by atoms with van der Waals surface area (Å²) in [5.41, 5.74) is 0.399. The number of para-hydroxylation sites is 2. The van der Waals surface area contributed by atoms with E-state index in [0.29, 0.717) is 18.0 Å². The van der Waals surface area contributed by atoms with Crippen LogP contribution in [0.3, 0.4) is 0 Å². The molecule has 3 N–H and O–H groups in total. The standard InChI is InChI=1S/C13H18N2O5/c1-9(7-19-2)14-13(18)15-10-5-3-4-6-11(10)20-8-12(16)17/h3-6,9H,7-8H2,1-2H3,(H,16,17)(H2,14,15,18). The van der Waals surface area contributed by atoms with Crippen LogP contribution in [0.4, 0.5) is 10.5 Å². The molecular formula is C13H18N2O5. The zero-order chi connectivity index (χ0) is 15.0. The minimum atomic E-state index is -1.09. The summed E-state index contributed by atoms with van der Waals surface area (Å²) < 4.78 is 10.00. The predicted molar refractivity (Wildman–Crippen MR) is 73.1 cm³/mol. The second-order valence-corrected chi connectivity index (χ2v) is 4.13. The van der Waals surface area contributed by atoms with E-state index in [1.54, 1.807) is 38.3 Å². The Balaban J connectivity index is 2.62. The zero-order valence-corrected chi connectivity index (χ0v) is 11.4. The molecule has 1 rings (SSSR count). The average Bonchev–Trinajstić information content (AvgIpc) is 2.37. The number of carboxylic acids is 1. The highest BCUT2D eigenvalue weighted by Crippen LogP contribution is 2.23. The summed E-state index contributed by atoms with van der Waals surface area (Å²) >= 11 is 0. The molecule has 0 radical (unpaired) electrons.